The Bertz CT molecular complexity index is 1630. The summed E-state index contributed by atoms with van der Waals surface area (Å²) in [6.07, 6.45) is -0.273. The number of benzene rings is 2. The molecule has 10 nitrogen and oxygen atoms in total. The van der Waals surface area contributed by atoms with E-state index in [1.807, 2.05) is 0 Å². The molecule has 14 heteroatoms. The Morgan fingerprint density at radius 1 is 0.705 bits per heavy atom. The van der Waals surface area contributed by atoms with Crippen molar-refractivity contribution in [2.45, 2.75) is 26.7 Å². The lowest BCUT2D eigenvalue weighted by Gasteiger charge is -2.15. The predicted octanol–water partition coefficient (Wildman–Crippen LogP) is 7.48. The van der Waals surface area contributed by atoms with Crippen LogP contribution in [-0.4, -0.2) is 61.2 Å². The van der Waals surface area contributed by atoms with Crippen molar-refractivity contribution in [2.75, 3.05) is 27.4 Å². The molecule has 2 aromatic heterocycles. The van der Waals surface area contributed by atoms with Gasteiger partial charge in [0.05, 0.1) is 45.9 Å². The molecule has 2 aromatic carbocycles. The highest BCUT2D eigenvalue weighted by molar-refractivity contribution is 7.21. The number of carbonyl (C=O) groups is 4. The number of rotatable bonds is 15. The summed E-state index contributed by atoms with van der Waals surface area (Å²) in [6.45, 7) is 2.99. The third-order valence-electron chi connectivity index (χ3n) is 6.76. The van der Waals surface area contributed by atoms with Crippen LogP contribution in [0.15, 0.2) is 24.3 Å². The molecule has 0 bridgehead atoms. The normalized spacial score (nSPS) is 12.6. The van der Waals surface area contributed by atoms with Crippen molar-refractivity contribution in [3.63, 3.8) is 0 Å². The lowest BCUT2D eigenvalue weighted by molar-refractivity contribution is -0.141. The van der Waals surface area contributed by atoms with E-state index >= 15 is 0 Å². The molecule has 2 heterocycles. The second kappa shape index (κ2) is 14.0. The van der Waals surface area contributed by atoms with Gasteiger partial charge >= 0.3 is 11.9 Å². The van der Waals surface area contributed by atoms with Crippen molar-refractivity contribution < 1.29 is 48.3 Å². The molecule has 0 amide bonds. The van der Waals surface area contributed by atoms with Crippen LogP contribution in [0.2, 0.25) is 10.0 Å². The molecule has 44 heavy (non-hydrogen) atoms. The van der Waals surface area contributed by atoms with Crippen LogP contribution < -0.4 is 18.9 Å². The molecule has 0 aliphatic rings. The number of methoxy groups -OCH3 is 2. The summed E-state index contributed by atoms with van der Waals surface area (Å²) in [5.74, 6) is -3.17. The monoisotopic (exact) mass is 682 g/mol. The lowest BCUT2D eigenvalue weighted by atomic mass is 10.0. The van der Waals surface area contributed by atoms with Gasteiger partial charge in [-0.05, 0) is 12.1 Å². The van der Waals surface area contributed by atoms with Crippen molar-refractivity contribution >= 4 is 89.6 Å². The lowest BCUT2D eigenvalue weighted by Crippen LogP contribution is -2.13. The second-order valence-corrected chi connectivity index (χ2v) is 12.8. The Labute approximate surface area is 270 Å². The fourth-order valence-electron chi connectivity index (χ4n) is 4.26. The summed E-state index contributed by atoms with van der Waals surface area (Å²) < 4.78 is 24.2. The predicted molar refractivity (Wildman–Crippen MR) is 169 cm³/mol. The molecule has 0 spiro atoms. The Morgan fingerprint density at radius 2 is 1.07 bits per heavy atom. The van der Waals surface area contributed by atoms with Gasteiger partial charge in [0.15, 0.2) is 34.6 Å². The SMILES string of the molecule is COc1cc2sc(C(=O)CC(C)C(=O)O)cc2c(Cl)c1OCCOc1c(OC)cc2sc(C(=O)CC(C)C(=O)O)cc2c1Cl. The number of carboxylic acids is 2. The number of carboxylic acid groups (broad SMARTS) is 2. The molecule has 0 saturated heterocycles. The van der Waals surface area contributed by atoms with Crippen molar-refractivity contribution in [1.82, 2.24) is 0 Å². The number of aliphatic carboxylic acids is 2. The first-order chi connectivity index (χ1) is 20.9. The van der Waals surface area contributed by atoms with Gasteiger partial charge in [-0.15, -0.1) is 22.7 Å². The fraction of sp³-hybridized carbons (Fsp3) is 0.333. The maximum Gasteiger partial charge on any atom is 0.306 e. The van der Waals surface area contributed by atoms with Gasteiger partial charge < -0.3 is 29.2 Å². The van der Waals surface area contributed by atoms with Crippen molar-refractivity contribution in [2.24, 2.45) is 11.8 Å². The minimum Gasteiger partial charge on any atom is -0.493 e. The molecule has 2 atom stereocenters. The minimum atomic E-state index is -1.05. The van der Waals surface area contributed by atoms with E-state index < -0.39 is 23.8 Å². The molecular weight excluding hydrogens is 655 g/mol. The number of hydrogen-bond acceptors (Lipinski definition) is 10. The molecule has 0 fully saturated rings. The summed E-state index contributed by atoms with van der Waals surface area (Å²) in [5, 5.41) is 19.9. The number of thiophene rings is 2. The largest absolute Gasteiger partial charge is 0.493 e. The Balaban J connectivity index is 1.51. The average molecular weight is 684 g/mol. The Hall–Kier alpha value is -3.58. The zero-order chi connectivity index (χ0) is 32.3. The van der Waals surface area contributed by atoms with Gasteiger partial charge in [-0.3, -0.25) is 19.2 Å². The molecule has 4 rings (SSSR count). The van der Waals surface area contributed by atoms with Crippen molar-refractivity contribution in [1.29, 1.82) is 0 Å². The number of halogens is 2. The van der Waals surface area contributed by atoms with Crippen LogP contribution in [0.25, 0.3) is 20.2 Å². The molecule has 2 unspecified atom stereocenters. The van der Waals surface area contributed by atoms with E-state index in [0.717, 1.165) is 0 Å². The van der Waals surface area contributed by atoms with Gasteiger partial charge in [-0.2, -0.15) is 0 Å². The number of ether oxygens (including phenoxy) is 4. The third kappa shape index (κ3) is 7.04. The molecule has 0 aliphatic carbocycles. The number of fused-ring (bicyclic) bond motifs is 2. The first-order valence-corrected chi connectivity index (χ1v) is 15.6. The van der Waals surface area contributed by atoms with Crippen molar-refractivity contribution in [3.8, 4) is 23.0 Å². The zero-order valence-electron chi connectivity index (χ0n) is 24.0. The quantitative estimate of drug-likeness (QED) is 0.0955. The first-order valence-electron chi connectivity index (χ1n) is 13.2. The molecule has 4 aromatic rings. The zero-order valence-corrected chi connectivity index (χ0v) is 27.2. The highest BCUT2D eigenvalue weighted by Crippen LogP contribution is 2.46. The molecule has 0 aliphatic heterocycles. The molecular formula is C30H28Cl2O10S2. The molecule has 234 valence electrons. The van der Waals surface area contributed by atoms with Gasteiger partial charge in [-0.25, -0.2) is 0 Å². The van der Waals surface area contributed by atoms with Gasteiger partial charge in [0.2, 0.25) is 0 Å². The van der Waals surface area contributed by atoms with E-state index in [1.54, 1.807) is 24.3 Å². The standard InChI is InChI=1S/C30H28Cl2O10S2/c1-13(29(35)36)7-17(33)23-9-15-21(43-23)11-19(39-3)27(25(15)31)41-5-6-42-28-20(40-4)12-22-16(26(28)32)10-24(44-22)18(34)8-14(2)30(37)38/h9-14H,5-8H2,1-4H3,(H,35,36)(H,37,38). The summed E-state index contributed by atoms with van der Waals surface area (Å²) in [7, 11) is 2.91. The summed E-state index contributed by atoms with van der Waals surface area (Å²) in [6, 6.07) is 6.62. The van der Waals surface area contributed by atoms with E-state index in [1.165, 1.54) is 50.7 Å². The van der Waals surface area contributed by atoms with Crippen molar-refractivity contribution in [3.05, 3.63) is 44.1 Å². The van der Waals surface area contributed by atoms with Crippen LogP contribution in [0.3, 0.4) is 0 Å². The molecule has 0 radical (unpaired) electrons. The maximum absolute atomic E-state index is 12.7. The minimum absolute atomic E-state index is 0.0195. The van der Waals surface area contributed by atoms with E-state index in [2.05, 4.69) is 0 Å². The van der Waals surface area contributed by atoms with E-state index in [0.29, 0.717) is 41.4 Å². The van der Waals surface area contributed by atoms with Gasteiger partial charge in [0.1, 0.15) is 13.2 Å². The Kier molecular flexibility index (Phi) is 10.6. The second-order valence-electron chi connectivity index (χ2n) is 9.92. The van der Waals surface area contributed by atoms with Gasteiger partial charge in [0.25, 0.3) is 0 Å². The topological polar surface area (TPSA) is 146 Å². The number of ketones is 2. The highest BCUT2D eigenvalue weighted by atomic mass is 35.5. The highest BCUT2D eigenvalue weighted by Gasteiger charge is 2.24. The van der Waals surface area contributed by atoms with Crippen LogP contribution in [0, 0.1) is 11.8 Å². The van der Waals surface area contributed by atoms with Crippen LogP contribution in [0.5, 0.6) is 23.0 Å². The van der Waals surface area contributed by atoms with E-state index in [9.17, 15) is 19.2 Å². The van der Waals surface area contributed by atoms with E-state index in [4.69, 9.17) is 52.4 Å². The maximum atomic E-state index is 12.7. The smallest absolute Gasteiger partial charge is 0.306 e. The summed E-state index contributed by atoms with van der Waals surface area (Å²) in [4.78, 5) is 48.4. The van der Waals surface area contributed by atoms with Gasteiger partial charge in [-0.1, -0.05) is 37.0 Å². The number of hydrogen-bond donors (Lipinski definition) is 2. The van der Waals surface area contributed by atoms with Crippen LogP contribution in [-0.2, 0) is 9.59 Å². The molecule has 2 N–H and O–H groups in total. The fourth-order valence-corrected chi connectivity index (χ4v) is 7.08. The Morgan fingerprint density at radius 3 is 1.39 bits per heavy atom. The first kappa shape index (κ1) is 33.3. The average Bonchev–Trinajstić information content (AvgIpc) is 3.62. The van der Waals surface area contributed by atoms with Crippen LogP contribution in [0.1, 0.15) is 46.0 Å². The number of carbonyl (C=O) groups excluding carboxylic acids is 2. The van der Waals surface area contributed by atoms with E-state index in [-0.39, 0.29) is 59.2 Å². The third-order valence-corrected chi connectivity index (χ3v) is 9.75. The van der Waals surface area contributed by atoms with Crippen LogP contribution >= 0.6 is 45.9 Å². The molecule has 0 saturated carbocycles. The summed E-state index contributed by atoms with van der Waals surface area (Å²) in [5.41, 5.74) is 0. The van der Waals surface area contributed by atoms with Crippen LogP contribution in [0.4, 0.5) is 0 Å². The van der Waals surface area contributed by atoms with Gasteiger partial charge in [0, 0.05) is 45.1 Å². The number of Topliss-reactive ketones (excluding diaryl/α,β-unsaturated/α-hetero) is 2. The summed E-state index contributed by atoms with van der Waals surface area (Å²) >= 11 is 15.7.